The van der Waals surface area contributed by atoms with Gasteiger partial charge < -0.3 is 14.6 Å². The molecule has 0 unspecified atom stereocenters. The molecule has 1 amide bonds. The Kier molecular flexibility index (Phi) is 6.14. The van der Waals surface area contributed by atoms with Crippen molar-refractivity contribution in [2.45, 2.75) is 13.8 Å². The van der Waals surface area contributed by atoms with Gasteiger partial charge in [0.05, 0.1) is 12.7 Å². The quantitative estimate of drug-likeness (QED) is 0.391. The first-order chi connectivity index (χ1) is 14.4. The maximum Gasteiger partial charge on any atom is 0.337 e. The first kappa shape index (κ1) is 20.6. The molecule has 0 saturated carbocycles. The molecule has 0 aliphatic heterocycles. The maximum atomic E-state index is 12.5. The fourth-order valence-corrected chi connectivity index (χ4v) is 3.22. The van der Waals surface area contributed by atoms with E-state index in [0.717, 1.165) is 22.6 Å². The van der Waals surface area contributed by atoms with Crippen LogP contribution in [0.2, 0.25) is 0 Å². The monoisotopic (exact) mass is 399 g/mol. The minimum absolute atomic E-state index is 0.0140. The van der Waals surface area contributed by atoms with Gasteiger partial charge in [-0.2, -0.15) is 5.26 Å². The Hall–Kier alpha value is -4.11. The summed E-state index contributed by atoms with van der Waals surface area (Å²) in [5, 5.41) is 12.2. The number of aryl methyl sites for hydroxylation is 1. The molecule has 0 radical (unpaired) electrons. The van der Waals surface area contributed by atoms with Gasteiger partial charge in [-0.15, -0.1) is 0 Å². The van der Waals surface area contributed by atoms with Crippen LogP contribution in [0, 0.1) is 25.2 Å². The molecule has 0 saturated heterocycles. The Morgan fingerprint density at radius 3 is 2.33 bits per heavy atom. The SMILES string of the molecule is COC(=O)c1ccc(-n2c(C)cc(C=C(C#N)C(=O)Nc3ccccc3)c2C)cc1. The second-order valence-corrected chi connectivity index (χ2v) is 6.69. The lowest BCUT2D eigenvalue weighted by Gasteiger charge is -2.10. The Bertz CT molecular complexity index is 1150. The standard InChI is InChI=1S/C24H21N3O3/c1-16-13-19(14-20(15-25)23(28)26-21-7-5-4-6-8-21)17(2)27(16)22-11-9-18(10-12-22)24(29)30-3/h4-14H,1-3H3,(H,26,28). The van der Waals surface area contributed by atoms with Crippen LogP contribution in [0.1, 0.15) is 27.3 Å². The summed E-state index contributed by atoms with van der Waals surface area (Å²) in [5.74, 6) is -0.856. The summed E-state index contributed by atoms with van der Waals surface area (Å²) >= 11 is 0. The molecule has 0 aliphatic carbocycles. The van der Waals surface area contributed by atoms with Gasteiger partial charge in [0, 0.05) is 22.8 Å². The number of amides is 1. The number of nitrogens with one attached hydrogen (secondary N) is 1. The molecule has 0 fully saturated rings. The number of hydrogen-bond acceptors (Lipinski definition) is 4. The highest BCUT2D eigenvalue weighted by Gasteiger charge is 2.14. The van der Waals surface area contributed by atoms with Gasteiger partial charge in [0.1, 0.15) is 11.6 Å². The summed E-state index contributed by atoms with van der Waals surface area (Å²) in [6.07, 6.45) is 1.58. The van der Waals surface area contributed by atoms with Gasteiger partial charge in [0.25, 0.3) is 5.91 Å². The number of esters is 1. The summed E-state index contributed by atoms with van der Waals surface area (Å²) < 4.78 is 6.73. The van der Waals surface area contributed by atoms with Crippen LogP contribution in [-0.2, 0) is 9.53 Å². The van der Waals surface area contributed by atoms with Crippen LogP contribution in [0.5, 0.6) is 0 Å². The van der Waals surface area contributed by atoms with E-state index in [0.29, 0.717) is 11.3 Å². The summed E-state index contributed by atoms with van der Waals surface area (Å²) in [7, 11) is 1.34. The largest absolute Gasteiger partial charge is 0.465 e. The number of carbonyl (C=O) groups excluding carboxylic acids is 2. The van der Waals surface area contributed by atoms with E-state index in [1.165, 1.54) is 7.11 Å². The number of aromatic nitrogens is 1. The Morgan fingerprint density at radius 1 is 1.07 bits per heavy atom. The highest BCUT2D eigenvalue weighted by Crippen LogP contribution is 2.23. The van der Waals surface area contributed by atoms with E-state index >= 15 is 0 Å². The molecule has 0 bridgehead atoms. The van der Waals surface area contributed by atoms with Gasteiger partial charge >= 0.3 is 5.97 Å². The third-order valence-electron chi connectivity index (χ3n) is 4.71. The van der Waals surface area contributed by atoms with Crippen LogP contribution in [0.25, 0.3) is 11.8 Å². The van der Waals surface area contributed by atoms with Crippen LogP contribution in [-0.4, -0.2) is 23.6 Å². The zero-order valence-electron chi connectivity index (χ0n) is 17.0. The van der Waals surface area contributed by atoms with Gasteiger partial charge in [-0.05, 0) is 68.0 Å². The molecular formula is C24H21N3O3. The molecule has 6 heteroatoms. The van der Waals surface area contributed by atoms with Crippen molar-refractivity contribution in [2.24, 2.45) is 0 Å². The molecule has 6 nitrogen and oxygen atoms in total. The van der Waals surface area contributed by atoms with E-state index in [4.69, 9.17) is 4.74 Å². The molecule has 30 heavy (non-hydrogen) atoms. The fourth-order valence-electron chi connectivity index (χ4n) is 3.22. The number of nitrogens with zero attached hydrogens (tertiary/aromatic N) is 2. The average Bonchev–Trinajstić information content (AvgIpc) is 3.04. The first-order valence-electron chi connectivity index (χ1n) is 9.30. The predicted octanol–water partition coefficient (Wildman–Crippen LogP) is 4.43. The van der Waals surface area contributed by atoms with E-state index < -0.39 is 11.9 Å². The Balaban J connectivity index is 1.91. The zero-order chi connectivity index (χ0) is 21.7. The number of methoxy groups -OCH3 is 1. The average molecular weight is 399 g/mol. The normalized spacial score (nSPS) is 10.9. The van der Waals surface area contributed by atoms with Crippen molar-refractivity contribution < 1.29 is 14.3 Å². The van der Waals surface area contributed by atoms with Crippen molar-refractivity contribution >= 4 is 23.6 Å². The number of anilines is 1. The number of rotatable bonds is 5. The second kappa shape index (κ2) is 8.93. The van der Waals surface area contributed by atoms with E-state index in [1.54, 1.807) is 30.3 Å². The number of ether oxygens (including phenoxy) is 1. The maximum absolute atomic E-state index is 12.5. The van der Waals surface area contributed by atoms with Crippen LogP contribution < -0.4 is 5.32 Å². The van der Waals surface area contributed by atoms with E-state index in [1.807, 2.05) is 60.9 Å². The molecule has 0 atom stereocenters. The number of benzene rings is 2. The fraction of sp³-hybridized carbons (Fsp3) is 0.125. The number of carbonyl (C=O) groups is 2. The van der Waals surface area contributed by atoms with Crippen LogP contribution >= 0.6 is 0 Å². The van der Waals surface area contributed by atoms with Crippen LogP contribution in [0.4, 0.5) is 5.69 Å². The molecule has 2 aromatic carbocycles. The van der Waals surface area contributed by atoms with Crippen molar-refractivity contribution in [1.82, 2.24) is 4.57 Å². The minimum atomic E-state index is -0.462. The lowest BCUT2D eigenvalue weighted by atomic mass is 10.1. The third-order valence-corrected chi connectivity index (χ3v) is 4.71. The third kappa shape index (κ3) is 4.31. The lowest BCUT2D eigenvalue weighted by Crippen LogP contribution is -2.13. The minimum Gasteiger partial charge on any atom is -0.465 e. The van der Waals surface area contributed by atoms with Crippen LogP contribution in [0.15, 0.2) is 66.2 Å². The lowest BCUT2D eigenvalue weighted by molar-refractivity contribution is -0.112. The molecule has 0 aliphatic rings. The molecule has 0 spiro atoms. The summed E-state index contributed by atoms with van der Waals surface area (Å²) in [6.45, 7) is 3.85. The molecule has 150 valence electrons. The molecule has 1 heterocycles. The summed E-state index contributed by atoms with van der Waals surface area (Å²) in [6, 6.07) is 19.9. The van der Waals surface area contributed by atoms with Crippen molar-refractivity contribution in [3.63, 3.8) is 0 Å². The molecule has 3 rings (SSSR count). The molecule has 3 aromatic rings. The van der Waals surface area contributed by atoms with Gasteiger partial charge in [0.15, 0.2) is 0 Å². The van der Waals surface area contributed by atoms with Crippen LogP contribution in [0.3, 0.4) is 0 Å². The summed E-state index contributed by atoms with van der Waals surface area (Å²) in [4.78, 5) is 24.1. The summed E-state index contributed by atoms with van der Waals surface area (Å²) in [5.41, 5.74) is 4.55. The zero-order valence-corrected chi connectivity index (χ0v) is 17.0. The highest BCUT2D eigenvalue weighted by atomic mass is 16.5. The van der Waals surface area contributed by atoms with Gasteiger partial charge in [-0.3, -0.25) is 4.79 Å². The molecule has 1 N–H and O–H groups in total. The van der Waals surface area contributed by atoms with E-state index in [2.05, 4.69) is 5.32 Å². The Morgan fingerprint density at radius 2 is 1.73 bits per heavy atom. The van der Waals surface area contributed by atoms with Crippen molar-refractivity contribution in [2.75, 3.05) is 12.4 Å². The van der Waals surface area contributed by atoms with Crippen molar-refractivity contribution in [3.8, 4) is 11.8 Å². The van der Waals surface area contributed by atoms with Gasteiger partial charge in [-0.25, -0.2) is 4.79 Å². The smallest absolute Gasteiger partial charge is 0.337 e. The number of nitriles is 1. The molecular weight excluding hydrogens is 378 g/mol. The Labute approximate surface area is 175 Å². The second-order valence-electron chi connectivity index (χ2n) is 6.69. The van der Waals surface area contributed by atoms with E-state index in [9.17, 15) is 14.9 Å². The first-order valence-corrected chi connectivity index (χ1v) is 9.30. The highest BCUT2D eigenvalue weighted by molar-refractivity contribution is 6.09. The predicted molar refractivity (Wildman–Crippen MR) is 115 cm³/mol. The molecule has 1 aromatic heterocycles. The van der Waals surface area contributed by atoms with Gasteiger partial charge in [-0.1, -0.05) is 18.2 Å². The van der Waals surface area contributed by atoms with E-state index in [-0.39, 0.29) is 5.57 Å². The number of para-hydroxylation sites is 1. The van der Waals surface area contributed by atoms with Gasteiger partial charge in [0.2, 0.25) is 0 Å². The number of hydrogen-bond donors (Lipinski definition) is 1. The van der Waals surface area contributed by atoms with Crippen molar-refractivity contribution in [3.05, 3.63) is 88.8 Å². The van der Waals surface area contributed by atoms with Crippen molar-refractivity contribution in [1.29, 1.82) is 5.26 Å². The topological polar surface area (TPSA) is 84.1 Å².